The Morgan fingerprint density at radius 3 is 1.58 bits per heavy atom. The number of esters is 2. The minimum Gasteiger partial charge on any atom is -0.460 e. The number of hydrogen-bond acceptors (Lipinski definition) is 8. The molecule has 0 unspecified atom stereocenters. The largest absolute Gasteiger partial charge is 0.460 e. The number of rotatable bonds is 9. The summed E-state index contributed by atoms with van der Waals surface area (Å²) >= 11 is 0. The highest BCUT2D eigenvalue weighted by Crippen LogP contribution is 2.17. The number of pyridine rings is 2. The Morgan fingerprint density at radius 1 is 0.769 bits per heavy atom. The second-order valence-electron chi connectivity index (χ2n) is 5.12. The van der Waals surface area contributed by atoms with Gasteiger partial charge in [-0.05, 0) is 24.3 Å². The van der Waals surface area contributed by atoms with E-state index in [9.17, 15) is 9.59 Å². The van der Waals surface area contributed by atoms with Gasteiger partial charge < -0.3 is 18.9 Å². The van der Waals surface area contributed by atoms with Crippen molar-refractivity contribution in [1.82, 2.24) is 9.97 Å². The van der Waals surface area contributed by atoms with Crippen LogP contribution in [0.2, 0.25) is 0 Å². The van der Waals surface area contributed by atoms with Crippen LogP contribution in [0.25, 0.3) is 11.4 Å². The molecule has 0 spiro atoms. The molecule has 0 aliphatic heterocycles. The van der Waals surface area contributed by atoms with Gasteiger partial charge in [-0.3, -0.25) is 9.97 Å². The zero-order valence-corrected chi connectivity index (χ0v) is 14.6. The van der Waals surface area contributed by atoms with Crippen molar-refractivity contribution in [3.05, 3.63) is 47.8 Å². The van der Waals surface area contributed by atoms with Crippen LogP contribution in [0, 0.1) is 0 Å². The maximum atomic E-state index is 12.0. The van der Waals surface area contributed by atoms with E-state index in [1.165, 1.54) is 26.6 Å². The van der Waals surface area contributed by atoms with Crippen molar-refractivity contribution in [2.45, 2.75) is 0 Å². The average molecular weight is 360 g/mol. The molecule has 0 bridgehead atoms. The summed E-state index contributed by atoms with van der Waals surface area (Å²) in [5.41, 5.74) is 1.55. The van der Waals surface area contributed by atoms with Gasteiger partial charge in [0.2, 0.25) is 0 Å². The number of nitrogens with zero attached hydrogens (tertiary/aromatic N) is 2. The number of ether oxygens (including phenoxy) is 4. The molecule has 26 heavy (non-hydrogen) atoms. The highest BCUT2D eigenvalue weighted by molar-refractivity contribution is 5.92. The third kappa shape index (κ3) is 5.61. The Hall–Kier alpha value is -2.84. The Balaban J connectivity index is 2.13. The molecule has 8 nitrogen and oxygen atoms in total. The molecule has 2 heterocycles. The normalized spacial score (nSPS) is 10.4. The molecule has 2 aromatic heterocycles. The Kier molecular flexibility index (Phi) is 7.66. The summed E-state index contributed by atoms with van der Waals surface area (Å²) in [6.07, 6.45) is 2.96. The second-order valence-corrected chi connectivity index (χ2v) is 5.12. The van der Waals surface area contributed by atoms with Crippen molar-refractivity contribution in [3.8, 4) is 11.4 Å². The first kappa shape index (κ1) is 19.5. The molecule has 0 atom stereocenters. The topological polar surface area (TPSA) is 96.8 Å². The van der Waals surface area contributed by atoms with Crippen LogP contribution in [0.15, 0.2) is 36.7 Å². The Bertz CT molecular complexity index is 686. The van der Waals surface area contributed by atoms with E-state index in [0.717, 1.165) is 0 Å². The van der Waals surface area contributed by atoms with Gasteiger partial charge >= 0.3 is 11.9 Å². The molecule has 0 aliphatic rings. The molecule has 0 N–H and O–H groups in total. The summed E-state index contributed by atoms with van der Waals surface area (Å²) in [4.78, 5) is 32.4. The molecule has 138 valence electrons. The summed E-state index contributed by atoms with van der Waals surface area (Å²) in [5.74, 6) is -0.971. The number of methoxy groups -OCH3 is 2. The highest BCUT2D eigenvalue weighted by Gasteiger charge is 2.13. The lowest BCUT2D eigenvalue weighted by molar-refractivity contribution is 0.0381. The molecular weight excluding hydrogens is 340 g/mol. The Labute approximate surface area is 151 Å². The number of carbonyl (C=O) groups excluding carboxylic acids is 2. The molecule has 0 saturated carbocycles. The molecule has 0 fully saturated rings. The van der Waals surface area contributed by atoms with Crippen molar-refractivity contribution in [3.63, 3.8) is 0 Å². The molecule has 0 aromatic carbocycles. The molecule has 2 aromatic rings. The van der Waals surface area contributed by atoms with Gasteiger partial charge in [0.25, 0.3) is 0 Å². The lowest BCUT2D eigenvalue weighted by Crippen LogP contribution is -2.11. The highest BCUT2D eigenvalue weighted by atomic mass is 16.6. The van der Waals surface area contributed by atoms with E-state index in [4.69, 9.17) is 18.9 Å². The van der Waals surface area contributed by atoms with Gasteiger partial charge in [-0.25, -0.2) is 9.59 Å². The third-order valence-corrected chi connectivity index (χ3v) is 3.29. The average Bonchev–Trinajstić information content (AvgIpc) is 2.68. The van der Waals surface area contributed by atoms with Gasteiger partial charge in [-0.15, -0.1) is 0 Å². The van der Waals surface area contributed by atoms with E-state index in [0.29, 0.717) is 35.7 Å². The quantitative estimate of drug-likeness (QED) is 0.493. The molecule has 0 saturated heterocycles. The lowest BCUT2D eigenvalue weighted by atomic mass is 10.1. The minimum absolute atomic E-state index is 0.161. The lowest BCUT2D eigenvalue weighted by Gasteiger charge is -2.07. The van der Waals surface area contributed by atoms with Crippen LogP contribution in [0.4, 0.5) is 0 Å². The van der Waals surface area contributed by atoms with Crippen LogP contribution in [-0.2, 0) is 18.9 Å². The first-order valence-electron chi connectivity index (χ1n) is 7.90. The van der Waals surface area contributed by atoms with E-state index in [1.54, 1.807) is 24.3 Å². The Morgan fingerprint density at radius 2 is 1.19 bits per heavy atom. The molecular formula is C18H20N2O6. The molecule has 0 radical (unpaired) electrons. The first-order valence-corrected chi connectivity index (χ1v) is 7.90. The van der Waals surface area contributed by atoms with Gasteiger partial charge in [0.05, 0.1) is 35.7 Å². The maximum Gasteiger partial charge on any atom is 0.338 e. The van der Waals surface area contributed by atoms with Crippen LogP contribution in [0.5, 0.6) is 0 Å². The standard InChI is InChI=1S/C18H20N2O6/c1-23-7-9-25-17(21)13-3-5-19-15(11-13)16-12-14(4-6-20-16)18(22)26-10-8-24-2/h3-6,11-12H,7-10H2,1-2H3. The number of aromatic nitrogens is 2. The monoisotopic (exact) mass is 360 g/mol. The van der Waals surface area contributed by atoms with Gasteiger partial charge in [-0.1, -0.05) is 0 Å². The minimum atomic E-state index is -0.485. The molecule has 2 rings (SSSR count). The zero-order valence-electron chi connectivity index (χ0n) is 14.6. The van der Waals surface area contributed by atoms with E-state index < -0.39 is 11.9 Å². The van der Waals surface area contributed by atoms with Crippen molar-refractivity contribution in [1.29, 1.82) is 0 Å². The van der Waals surface area contributed by atoms with Gasteiger partial charge in [0.1, 0.15) is 13.2 Å². The second kappa shape index (κ2) is 10.2. The number of hydrogen-bond donors (Lipinski definition) is 0. The van der Waals surface area contributed by atoms with Crippen molar-refractivity contribution >= 4 is 11.9 Å². The summed E-state index contributed by atoms with van der Waals surface area (Å²) < 4.78 is 19.8. The first-order chi connectivity index (χ1) is 12.7. The van der Waals surface area contributed by atoms with Crippen molar-refractivity contribution in [2.75, 3.05) is 40.6 Å². The van der Waals surface area contributed by atoms with Crippen LogP contribution < -0.4 is 0 Å². The van der Waals surface area contributed by atoms with Crippen LogP contribution >= 0.6 is 0 Å². The summed E-state index contributed by atoms with van der Waals surface area (Å²) in [7, 11) is 3.05. The van der Waals surface area contributed by atoms with E-state index in [1.807, 2.05) is 0 Å². The SMILES string of the molecule is COCCOC(=O)c1ccnc(-c2cc(C(=O)OCCOC)ccn2)c1. The summed E-state index contributed by atoms with van der Waals surface area (Å²) in [6, 6.07) is 6.19. The van der Waals surface area contributed by atoms with Crippen LogP contribution in [0.3, 0.4) is 0 Å². The van der Waals surface area contributed by atoms with Crippen molar-refractivity contribution < 1.29 is 28.5 Å². The van der Waals surface area contributed by atoms with Crippen molar-refractivity contribution in [2.24, 2.45) is 0 Å². The predicted octanol–water partition coefficient (Wildman–Crippen LogP) is 1.75. The van der Waals surface area contributed by atoms with Gasteiger partial charge in [-0.2, -0.15) is 0 Å². The summed E-state index contributed by atoms with van der Waals surface area (Å²) in [5, 5.41) is 0. The maximum absolute atomic E-state index is 12.0. The summed E-state index contributed by atoms with van der Waals surface area (Å²) in [6.45, 7) is 0.957. The van der Waals surface area contributed by atoms with Gasteiger partial charge in [0.15, 0.2) is 0 Å². The van der Waals surface area contributed by atoms with E-state index >= 15 is 0 Å². The number of carbonyl (C=O) groups is 2. The zero-order chi connectivity index (χ0) is 18.8. The molecule has 8 heteroatoms. The smallest absolute Gasteiger partial charge is 0.338 e. The fourth-order valence-corrected chi connectivity index (χ4v) is 2.00. The fourth-order valence-electron chi connectivity index (χ4n) is 2.00. The van der Waals surface area contributed by atoms with Crippen LogP contribution in [0.1, 0.15) is 20.7 Å². The predicted molar refractivity (Wildman–Crippen MR) is 91.8 cm³/mol. The van der Waals surface area contributed by atoms with E-state index in [2.05, 4.69) is 9.97 Å². The van der Waals surface area contributed by atoms with Gasteiger partial charge in [0, 0.05) is 26.6 Å². The van der Waals surface area contributed by atoms with Crippen LogP contribution in [-0.4, -0.2) is 62.6 Å². The third-order valence-electron chi connectivity index (χ3n) is 3.29. The molecule has 0 aliphatic carbocycles. The molecule has 0 amide bonds. The fraction of sp³-hybridized carbons (Fsp3) is 0.333. The van der Waals surface area contributed by atoms with E-state index in [-0.39, 0.29) is 13.2 Å².